The average molecular weight is 396 g/mol. The molecule has 0 atom stereocenters. The van der Waals surface area contributed by atoms with E-state index in [0.717, 1.165) is 22.5 Å². The predicted molar refractivity (Wildman–Crippen MR) is 118 cm³/mol. The van der Waals surface area contributed by atoms with Crippen molar-refractivity contribution in [2.75, 3.05) is 0 Å². The molecule has 3 aromatic carbocycles. The van der Waals surface area contributed by atoms with Gasteiger partial charge in [0.1, 0.15) is 0 Å². The molecule has 0 heterocycles. The lowest BCUT2D eigenvalue weighted by Crippen LogP contribution is -2.34. The Morgan fingerprint density at radius 2 is 1.20 bits per heavy atom. The Hall–Kier alpha value is -3.34. The van der Waals surface area contributed by atoms with Gasteiger partial charge >= 0.3 is 0 Å². The molecule has 0 saturated heterocycles. The van der Waals surface area contributed by atoms with Crippen molar-refractivity contribution in [3.8, 4) is 0 Å². The summed E-state index contributed by atoms with van der Waals surface area (Å²) in [5.41, 5.74) is 3.82. The molecule has 0 spiro atoms. The van der Waals surface area contributed by atoms with Gasteiger partial charge in [0.15, 0.2) is 5.79 Å². The van der Waals surface area contributed by atoms with Crippen molar-refractivity contribution in [3.63, 3.8) is 0 Å². The van der Waals surface area contributed by atoms with E-state index in [1.807, 2.05) is 109 Å². The fourth-order valence-corrected chi connectivity index (χ4v) is 3.09. The molecule has 0 fully saturated rings. The molecule has 0 unspecified atom stereocenters. The summed E-state index contributed by atoms with van der Waals surface area (Å²) < 4.78 is 12.5. The van der Waals surface area contributed by atoms with Crippen LogP contribution in [0, 0.1) is 0 Å². The standard InChI is InChI=1S/C26H24N2O2/c1-4-10-22(11-5-1)20-29-26(30-21-23-12-6-2-7-13-23)18-16-25(17-19-26)28-27-24-14-8-3-9-15-24/h1-18H,19-21H2. The van der Waals surface area contributed by atoms with Crippen LogP contribution in [0.3, 0.4) is 0 Å². The molecule has 30 heavy (non-hydrogen) atoms. The maximum Gasteiger partial charge on any atom is 0.192 e. The van der Waals surface area contributed by atoms with Crippen molar-refractivity contribution < 1.29 is 9.47 Å². The summed E-state index contributed by atoms with van der Waals surface area (Å²) in [5, 5.41) is 8.63. The summed E-state index contributed by atoms with van der Waals surface area (Å²) in [7, 11) is 0. The Labute approximate surface area is 177 Å². The minimum atomic E-state index is -0.836. The first kappa shape index (κ1) is 20.0. The molecule has 4 rings (SSSR count). The van der Waals surface area contributed by atoms with E-state index in [2.05, 4.69) is 10.2 Å². The normalized spacial score (nSPS) is 15.3. The molecule has 0 N–H and O–H groups in total. The summed E-state index contributed by atoms with van der Waals surface area (Å²) in [5.74, 6) is -0.836. The first-order chi connectivity index (χ1) is 14.8. The number of hydrogen-bond donors (Lipinski definition) is 0. The van der Waals surface area contributed by atoms with Gasteiger partial charge in [-0.1, -0.05) is 84.9 Å². The number of allylic oxidation sites excluding steroid dienone is 1. The van der Waals surface area contributed by atoms with E-state index in [1.165, 1.54) is 0 Å². The van der Waals surface area contributed by atoms with Crippen molar-refractivity contribution in [2.45, 2.75) is 25.4 Å². The lowest BCUT2D eigenvalue weighted by Gasteiger charge is -2.32. The summed E-state index contributed by atoms with van der Waals surface area (Å²) in [6, 6.07) is 29.9. The first-order valence-corrected chi connectivity index (χ1v) is 10.0. The molecule has 4 heteroatoms. The van der Waals surface area contributed by atoms with E-state index in [4.69, 9.17) is 9.47 Å². The molecular weight excluding hydrogens is 372 g/mol. The van der Waals surface area contributed by atoms with Gasteiger partial charge in [-0.15, -0.1) is 0 Å². The number of ether oxygens (including phenoxy) is 2. The van der Waals surface area contributed by atoms with Gasteiger partial charge in [-0.3, -0.25) is 0 Å². The minimum Gasteiger partial charge on any atom is -0.341 e. The summed E-state index contributed by atoms with van der Waals surface area (Å²) in [6.07, 6.45) is 6.42. The summed E-state index contributed by atoms with van der Waals surface area (Å²) >= 11 is 0. The van der Waals surface area contributed by atoms with Crippen LogP contribution in [0.5, 0.6) is 0 Å². The van der Waals surface area contributed by atoms with Crippen LogP contribution in [0.1, 0.15) is 17.5 Å². The fourth-order valence-electron chi connectivity index (χ4n) is 3.09. The SMILES string of the molecule is C1=CC(OCc2ccccc2)(OCc2ccccc2)CC=C1N=Nc1ccccc1. The number of azo groups is 1. The zero-order valence-electron chi connectivity index (χ0n) is 16.7. The second-order valence-corrected chi connectivity index (χ2v) is 7.06. The highest BCUT2D eigenvalue weighted by atomic mass is 16.7. The van der Waals surface area contributed by atoms with Crippen LogP contribution < -0.4 is 0 Å². The topological polar surface area (TPSA) is 43.2 Å². The Kier molecular flexibility index (Phi) is 6.60. The van der Waals surface area contributed by atoms with Crippen LogP contribution in [0.15, 0.2) is 125 Å². The maximum atomic E-state index is 6.26. The lowest BCUT2D eigenvalue weighted by atomic mass is 10.1. The Balaban J connectivity index is 1.46. The molecule has 1 aliphatic rings. The molecular formula is C26H24N2O2. The van der Waals surface area contributed by atoms with Gasteiger partial charge in [-0.25, -0.2) is 0 Å². The first-order valence-electron chi connectivity index (χ1n) is 10.0. The van der Waals surface area contributed by atoms with E-state index in [1.54, 1.807) is 0 Å². The highest BCUT2D eigenvalue weighted by molar-refractivity contribution is 5.36. The van der Waals surface area contributed by atoms with Crippen LogP contribution in [0.25, 0.3) is 0 Å². The van der Waals surface area contributed by atoms with Crippen molar-refractivity contribution in [1.82, 2.24) is 0 Å². The number of rotatable bonds is 8. The van der Waals surface area contributed by atoms with Crippen molar-refractivity contribution in [1.29, 1.82) is 0 Å². The van der Waals surface area contributed by atoms with Crippen LogP contribution in [0.4, 0.5) is 5.69 Å². The molecule has 150 valence electrons. The minimum absolute atomic E-state index is 0.467. The second-order valence-electron chi connectivity index (χ2n) is 7.06. The summed E-state index contributed by atoms with van der Waals surface area (Å²) in [4.78, 5) is 0. The number of benzene rings is 3. The van der Waals surface area contributed by atoms with Gasteiger partial charge in [0, 0.05) is 6.42 Å². The molecule has 3 aromatic rings. The molecule has 0 bridgehead atoms. The highest BCUT2D eigenvalue weighted by Gasteiger charge is 2.30. The Morgan fingerprint density at radius 1 is 0.667 bits per heavy atom. The van der Waals surface area contributed by atoms with E-state index < -0.39 is 5.79 Å². The fraction of sp³-hybridized carbons (Fsp3) is 0.154. The molecule has 0 aliphatic heterocycles. The van der Waals surface area contributed by atoms with Gasteiger partial charge in [0.2, 0.25) is 0 Å². The maximum absolute atomic E-state index is 6.26. The molecule has 4 nitrogen and oxygen atoms in total. The van der Waals surface area contributed by atoms with Crippen LogP contribution in [-0.2, 0) is 22.7 Å². The number of nitrogens with zero attached hydrogens (tertiary/aromatic N) is 2. The quantitative estimate of drug-likeness (QED) is 0.312. The number of hydrogen-bond acceptors (Lipinski definition) is 4. The molecule has 0 saturated carbocycles. The van der Waals surface area contributed by atoms with Gasteiger partial charge in [0.25, 0.3) is 0 Å². The smallest absolute Gasteiger partial charge is 0.192 e. The highest BCUT2D eigenvalue weighted by Crippen LogP contribution is 2.30. The van der Waals surface area contributed by atoms with Gasteiger partial charge in [0.05, 0.1) is 24.6 Å². The van der Waals surface area contributed by atoms with Crippen molar-refractivity contribution >= 4 is 5.69 Å². The third-order valence-electron chi connectivity index (χ3n) is 4.79. The van der Waals surface area contributed by atoms with E-state index in [0.29, 0.717) is 19.6 Å². The van der Waals surface area contributed by atoms with Crippen LogP contribution in [0.2, 0.25) is 0 Å². The zero-order chi connectivity index (χ0) is 20.5. The van der Waals surface area contributed by atoms with Crippen molar-refractivity contribution in [3.05, 3.63) is 126 Å². The molecule has 1 aliphatic carbocycles. The van der Waals surface area contributed by atoms with Crippen LogP contribution >= 0.6 is 0 Å². The zero-order valence-corrected chi connectivity index (χ0v) is 16.7. The molecule has 0 aromatic heterocycles. The largest absolute Gasteiger partial charge is 0.341 e. The lowest BCUT2D eigenvalue weighted by molar-refractivity contribution is -0.216. The van der Waals surface area contributed by atoms with Crippen molar-refractivity contribution in [2.24, 2.45) is 10.2 Å². The summed E-state index contributed by atoms with van der Waals surface area (Å²) in [6.45, 7) is 0.934. The Morgan fingerprint density at radius 3 is 1.70 bits per heavy atom. The van der Waals surface area contributed by atoms with Gasteiger partial charge < -0.3 is 9.47 Å². The van der Waals surface area contributed by atoms with E-state index >= 15 is 0 Å². The third-order valence-corrected chi connectivity index (χ3v) is 4.79. The van der Waals surface area contributed by atoms with Gasteiger partial charge in [-0.2, -0.15) is 10.2 Å². The Bertz CT molecular complexity index is 969. The van der Waals surface area contributed by atoms with E-state index in [-0.39, 0.29) is 0 Å². The van der Waals surface area contributed by atoms with Crippen LogP contribution in [-0.4, -0.2) is 5.79 Å². The van der Waals surface area contributed by atoms with Gasteiger partial charge in [-0.05, 0) is 35.4 Å². The molecule has 0 radical (unpaired) electrons. The molecule has 0 amide bonds. The monoisotopic (exact) mass is 396 g/mol. The average Bonchev–Trinajstić information content (AvgIpc) is 2.83. The predicted octanol–water partition coefficient (Wildman–Crippen LogP) is 6.74. The third kappa shape index (κ3) is 5.60. The second kappa shape index (κ2) is 9.92. The van der Waals surface area contributed by atoms with E-state index in [9.17, 15) is 0 Å².